The Morgan fingerprint density at radius 2 is 0.810 bits per heavy atom. The molecule has 0 bridgehead atoms. The van der Waals surface area contributed by atoms with Crippen LogP contribution in [0.4, 0.5) is 0 Å². The molecule has 9 aromatic carbocycles. The summed E-state index contributed by atoms with van der Waals surface area (Å²) in [5.41, 5.74) is 11.6. The monoisotopic (exact) mass is 801 g/mol. The lowest BCUT2D eigenvalue weighted by atomic mass is 9.93. The molecule has 13 aromatic rings. The average Bonchev–Trinajstić information content (AvgIpc) is 3.74. The van der Waals surface area contributed by atoms with Crippen LogP contribution in [0.1, 0.15) is 0 Å². The number of pyridine rings is 2. The standard InChI is InChI=1S/C58H35N5/c1-3-21-42-38(15-1)33-50(46-25-7-5-23-44(42)46)52-35-53(51-34-39-16-2-4-22-43(39)45-24-6-8-26-47(45)51)60-57(59-52)41-20-14-18-37(32-41)36-17-13-19-40(31-36)55-48-27-9-10-28-49(48)56-58(62-55)63-30-12-11-29-54(63)61-56/h1-35H. The summed E-state index contributed by atoms with van der Waals surface area (Å²) in [6.07, 6.45) is 2.03. The van der Waals surface area contributed by atoms with E-state index >= 15 is 0 Å². The lowest BCUT2D eigenvalue weighted by Gasteiger charge is -2.15. The van der Waals surface area contributed by atoms with Crippen LogP contribution >= 0.6 is 0 Å². The lowest BCUT2D eigenvalue weighted by Crippen LogP contribution is -1.98. The largest absolute Gasteiger partial charge is 0.284 e. The normalized spacial score (nSPS) is 11.8. The lowest BCUT2D eigenvalue weighted by molar-refractivity contribution is 1.19. The number of benzene rings is 9. The molecular weight excluding hydrogens is 767 g/mol. The predicted molar refractivity (Wildman–Crippen MR) is 261 cm³/mol. The number of nitrogens with zero attached hydrogens (tertiary/aromatic N) is 5. The molecule has 0 N–H and O–H groups in total. The molecule has 0 aliphatic rings. The summed E-state index contributed by atoms with van der Waals surface area (Å²) in [5.74, 6) is 0.667. The van der Waals surface area contributed by atoms with E-state index in [4.69, 9.17) is 19.9 Å². The zero-order valence-electron chi connectivity index (χ0n) is 33.9. The second-order valence-electron chi connectivity index (χ2n) is 16.2. The smallest absolute Gasteiger partial charge is 0.165 e. The van der Waals surface area contributed by atoms with Gasteiger partial charge in [-0.25, -0.2) is 19.9 Å². The average molecular weight is 802 g/mol. The highest BCUT2D eigenvalue weighted by atomic mass is 15.1. The highest BCUT2D eigenvalue weighted by molar-refractivity contribution is 6.15. The third-order valence-electron chi connectivity index (χ3n) is 12.6. The number of fused-ring (bicyclic) bond motifs is 11. The molecule has 0 aliphatic carbocycles. The van der Waals surface area contributed by atoms with Gasteiger partial charge in [-0.05, 0) is 96.7 Å². The molecule has 5 nitrogen and oxygen atoms in total. The van der Waals surface area contributed by atoms with Gasteiger partial charge in [-0.2, -0.15) is 0 Å². The number of aromatic nitrogens is 5. The molecule has 292 valence electrons. The number of imidazole rings is 1. The number of hydrogen-bond donors (Lipinski definition) is 0. The molecule has 63 heavy (non-hydrogen) atoms. The fourth-order valence-corrected chi connectivity index (χ4v) is 9.62. The molecule has 4 heterocycles. The summed E-state index contributed by atoms with van der Waals surface area (Å²) >= 11 is 0. The molecule has 0 atom stereocenters. The van der Waals surface area contributed by atoms with Gasteiger partial charge in [0, 0.05) is 39.2 Å². The SMILES string of the molecule is c1cc(-c2cccc(-c3nc4c(nc5ccccn54)c4ccccc34)c2)cc(-c2nc(-c3cc4ccccc4c4ccccc34)cc(-c3cc4ccccc4c4ccccc34)n2)c1. The highest BCUT2D eigenvalue weighted by Gasteiger charge is 2.19. The third-order valence-corrected chi connectivity index (χ3v) is 12.6. The van der Waals surface area contributed by atoms with E-state index in [1.54, 1.807) is 0 Å². The van der Waals surface area contributed by atoms with E-state index in [-0.39, 0.29) is 0 Å². The van der Waals surface area contributed by atoms with Crippen LogP contribution in [0.5, 0.6) is 0 Å². The van der Waals surface area contributed by atoms with Crippen molar-refractivity contribution in [3.63, 3.8) is 0 Å². The molecule has 13 rings (SSSR count). The van der Waals surface area contributed by atoms with Crippen molar-refractivity contribution in [3.8, 4) is 56.3 Å². The van der Waals surface area contributed by atoms with Crippen molar-refractivity contribution in [2.75, 3.05) is 0 Å². The van der Waals surface area contributed by atoms with E-state index in [1.807, 2.05) is 24.4 Å². The predicted octanol–water partition coefficient (Wildman–Crippen LogP) is 14.8. The summed E-state index contributed by atoms with van der Waals surface area (Å²) in [7, 11) is 0. The first-order valence-corrected chi connectivity index (χ1v) is 21.3. The van der Waals surface area contributed by atoms with Crippen molar-refractivity contribution in [2.24, 2.45) is 0 Å². The van der Waals surface area contributed by atoms with Gasteiger partial charge in [0.15, 0.2) is 11.5 Å². The van der Waals surface area contributed by atoms with Crippen molar-refractivity contribution in [1.29, 1.82) is 0 Å². The Kier molecular flexibility index (Phi) is 7.84. The van der Waals surface area contributed by atoms with E-state index in [0.717, 1.165) is 88.8 Å². The first kappa shape index (κ1) is 35.2. The first-order chi connectivity index (χ1) is 31.2. The van der Waals surface area contributed by atoms with Gasteiger partial charge in [0.2, 0.25) is 0 Å². The maximum absolute atomic E-state index is 5.45. The zero-order valence-corrected chi connectivity index (χ0v) is 33.9. The fraction of sp³-hybridized carbons (Fsp3) is 0. The Bertz CT molecular complexity index is 3860. The first-order valence-electron chi connectivity index (χ1n) is 21.3. The summed E-state index contributed by atoms with van der Waals surface area (Å²) in [5, 5.41) is 11.7. The van der Waals surface area contributed by atoms with Gasteiger partial charge in [0.25, 0.3) is 0 Å². The van der Waals surface area contributed by atoms with Crippen LogP contribution in [-0.2, 0) is 0 Å². The maximum atomic E-state index is 5.45. The van der Waals surface area contributed by atoms with Gasteiger partial charge in [-0.3, -0.25) is 4.40 Å². The molecule has 0 amide bonds. The second-order valence-corrected chi connectivity index (χ2v) is 16.2. The Balaban J connectivity index is 1.01. The molecule has 0 saturated heterocycles. The summed E-state index contributed by atoms with van der Waals surface area (Å²) in [4.78, 5) is 21.2. The topological polar surface area (TPSA) is 56.0 Å². The zero-order chi connectivity index (χ0) is 41.4. The summed E-state index contributed by atoms with van der Waals surface area (Å²) in [6.45, 7) is 0. The van der Waals surface area contributed by atoms with Crippen molar-refractivity contribution < 1.29 is 0 Å². The molecule has 0 radical (unpaired) electrons. The van der Waals surface area contributed by atoms with E-state index in [1.165, 1.54) is 32.3 Å². The summed E-state index contributed by atoms with van der Waals surface area (Å²) in [6, 6.07) is 73.1. The van der Waals surface area contributed by atoms with Crippen LogP contribution in [0, 0.1) is 0 Å². The van der Waals surface area contributed by atoms with Gasteiger partial charge in [0.05, 0.1) is 17.1 Å². The number of rotatable bonds is 5. The van der Waals surface area contributed by atoms with Crippen LogP contribution in [0.25, 0.3) is 127 Å². The van der Waals surface area contributed by atoms with Crippen molar-refractivity contribution in [1.82, 2.24) is 24.3 Å². The van der Waals surface area contributed by atoms with Crippen LogP contribution in [0.15, 0.2) is 212 Å². The minimum atomic E-state index is 0.667. The van der Waals surface area contributed by atoms with Crippen molar-refractivity contribution in [2.45, 2.75) is 0 Å². The molecule has 0 saturated carbocycles. The Morgan fingerprint density at radius 1 is 0.317 bits per heavy atom. The van der Waals surface area contributed by atoms with E-state index < -0.39 is 0 Å². The van der Waals surface area contributed by atoms with Crippen LogP contribution in [0.3, 0.4) is 0 Å². The van der Waals surface area contributed by atoms with Crippen molar-refractivity contribution in [3.05, 3.63) is 212 Å². The molecule has 0 unspecified atom stereocenters. The molecule has 5 heteroatoms. The van der Waals surface area contributed by atoms with Crippen LogP contribution < -0.4 is 0 Å². The third kappa shape index (κ3) is 5.71. The Hall–Kier alpha value is -8.54. The fourth-order valence-electron chi connectivity index (χ4n) is 9.62. The summed E-state index contributed by atoms with van der Waals surface area (Å²) < 4.78 is 2.07. The molecule has 0 fully saturated rings. The van der Waals surface area contributed by atoms with Gasteiger partial charge in [-0.15, -0.1) is 0 Å². The maximum Gasteiger partial charge on any atom is 0.165 e. The Labute approximate surface area is 362 Å². The highest BCUT2D eigenvalue weighted by Crippen LogP contribution is 2.40. The minimum absolute atomic E-state index is 0.667. The molecular formula is C58H35N5. The van der Waals surface area contributed by atoms with Gasteiger partial charge in [-0.1, -0.05) is 164 Å². The van der Waals surface area contributed by atoms with Crippen LogP contribution in [-0.4, -0.2) is 24.3 Å². The van der Waals surface area contributed by atoms with Crippen molar-refractivity contribution >= 4 is 70.7 Å². The molecule has 0 aliphatic heterocycles. The van der Waals surface area contributed by atoms with Crippen LogP contribution in [0.2, 0.25) is 0 Å². The van der Waals surface area contributed by atoms with E-state index in [9.17, 15) is 0 Å². The van der Waals surface area contributed by atoms with E-state index in [0.29, 0.717) is 5.82 Å². The minimum Gasteiger partial charge on any atom is -0.284 e. The quantitative estimate of drug-likeness (QED) is 0.163. The number of hydrogen-bond acceptors (Lipinski definition) is 4. The Morgan fingerprint density at radius 3 is 1.44 bits per heavy atom. The van der Waals surface area contributed by atoms with Gasteiger partial charge in [0.1, 0.15) is 11.2 Å². The molecule has 0 spiro atoms. The second kappa shape index (κ2) is 14.0. The van der Waals surface area contributed by atoms with Gasteiger partial charge < -0.3 is 0 Å². The van der Waals surface area contributed by atoms with Gasteiger partial charge >= 0.3 is 0 Å². The van der Waals surface area contributed by atoms with E-state index in [2.05, 4.69) is 192 Å². The molecule has 4 aromatic heterocycles.